The highest BCUT2D eigenvalue weighted by molar-refractivity contribution is 6.35. The molecule has 10 nitrogen and oxygen atoms in total. The van der Waals surface area contributed by atoms with Crippen molar-refractivity contribution in [1.82, 2.24) is 24.3 Å². The number of piperazine rings is 1. The zero-order valence-corrected chi connectivity index (χ0v) is 23.7. The predicted molar refractivity (Wildman–Crippen MR) is 156 cm³/mol. The maximum Gasteiger partial charge on any atom is 0.258 e. The number of hydrogen-bond acceptors (Lipinski definition) is 6. The summed E-state index contributed by atoms with van der Waals surface area (Å²) in [6.45, 7) is 10.9. The van der Waals surface area contributed by atoms with E-state index in [0.29, 0.717) is 66.8 Å². The van der Waals surface area contributed by atoms with Crippen LogP contribution in [0.2, 0.25) is 5.02 Å². The number of pyridine rings is 1. The second-order valence-electron chi connectivity index (χ2n) is 10.4. The number of nitrogens with one attached hydrogen (secondary N) is 1. The Hall–Kier alpha value is -3.92. The van der Waals surface area contributed by atoms with Crippen molar-refractivity contribution < 1.29 is 14.4 Å². The standard InChI is InChI=1S/C29H34ClN7O3/c1-4-26(39)36-10-6-5-7-22(18-36)37-27-24(30)16-23(35-13-11-34(12-14-35)20(3)38)17-25(27)32-29(37)33-28(40)21-8-9-31-19(2)15-21/h4,8-9,15-17,22H,1,5-7,10-14,18H2,2-3H3,(H,32,33,40). The minimum atomic E-state index is -0.300. The minimum absolute atomic E-state index is 0.0732. The van der Waals surface area contributed by atoms with Crippen LogP contribution in [-0.4, -0.2) is 81.3 Å². The van der Waals surface area contributed by atoms with Gasteiger partial charge in [-0.15, -0.1) is 0 Å². The number of aromatic nitrogens is 3. The third kappa shape index (κ3) is 5.67. The van der Waals surface area contributed by atoms with Crippen LogP contribution in [0.25, 0.3) is 11.0 Å². The lowest BCUT2D eigenvalue weighted by molar-refractivity contribution is -0.129. The van der Waals surface area contributed by atoms with Crippen LogP contribution < -0.4 is 10.2 Å². The Morgan fingerprint density at radius 1 is 1.07 bits per heavy atom. The summed E-state index contributed by atoms with van der Waals surface area (Å²) >= 11 is 6.97. The Labute approximate surface area is 238 Å². The van der Waals surface area contributed by atoms with Gasteiger partial charge in [-0.25, -0.2) is 4.98 Å². The van der Waals surface area contributed by atoms with Crippen molar-refractivity contribution in [2.45, 2.75) is 39.2 Å². The van der Waals surface area contributed by atoms with Crippen LogP contribution in [-0.2, 0) is 9.59 Å². The summed E-state index contributed by atoms with van der Waals surface area (Å²) in [5.74, 6) is 0.0375. The van der Waals surface area contributed by atoms with Gasteiger partial charge in [0.15, 0.2) is 0 Å². The summed E-state index contributed by atoms with van der Waals surface area (Å²) in [7, 11) is 0. The summed E-state index contributed by atoms with van der Waals surface area (Å²) in [6.07, 6.45) is 5.54. The third-order valence-corrected chi connectivity index (χ3v) is 7.98. The first-order valence-electron chi connectivity index (χ1n) is 13.6. The van der Waals surface area contributed by atoms with Crippen molar-refractivity contribution in [3.05, 3.63) is 59.4 Å². The number of rotatable bonds is 5. The van der Waals surface area contributed by atoms with Crippen LogP contribution in [0.4, 0.5) is 11.6 Å². The molecule has 3 aromatic rings. The lowest BCUT2D eigenvalue weighted by Gasteiger charge is -2.35. The number of anilines is 2. The molecule has 2 fully saturated rings. The molecule has 1 atom stereocenters. The van der Waals surface area contributed by atoms with Crippen LogP contribution in [0.5, 0.6) is 0 Å². The van der Waals surface area contributed by atoms with Crippen LogP contribution in [0.15, 0.2) is 43.1 Å². The van der Waals surface area contributed by atoms with E-state index in [9.17, 15) is 14.4 Å². The van der Waals surface area contributed by atoms with E-state index in [4.69, 9.17) is 16.6 Å². The molecule has 0 bridgehead atoms. The van der Waals surface area contributed by atoms with E-state index in [2.05, 4.69) is 21.8 Å². The van der Waals surface area contributed by atoms with Crippen molar-refractivity contribution in [3.8, 4) is 0 Å². The lowest BCUT2D eigenvalue weighted by Crippen LogP contribution is -2.48. The zero-order valence-electron chi connectivity index (χ0n) is 22.9. The average molecular weight is 564 g/mol. The molecule has 40 heavy (non-hydrogen) atoms. The Kier molecular flexibility index (Phi) is 8.07. The second kappa shape index (κ2) is 11.7. The molecule has 11 heteroatoms. The number of fused-ring (bicyclic) bond motifs is 1. The summed E-state index contributed by atoms with van der Waals surface area (Å²) in [6, 6.07) is 7.15. The molecule has 1 N–H and O–H groups in total. The number of hydrogen-bond donors (Lipinski definition) is 1. The summed E-state index contributed by atoms with van der Waals surface area (Å²) in [4.78, 5) is 52.6. The molecular formula is C29H34ClN7O3. The first kappa shape index (κ1) is 27.6. The van der Waals surface area contributed by atoms with E-state index >= 15 is 0 Å². The molecule has 0 saturated carbocycles. The van der Waals surface area contributed by atoms with Gasteiger partial charge in [0.05, 0.1) is 22.1 Å². The van der Waals surface area contributed by atoms with Crippen molar-refractivity contribution >= 4 is 52.0 Å². The summed E-state index contributed by atoms with van der Waals surface area (Å²) in [5, 5.41) is 3.52. The van der Waals surface area contributed by atoms with Gasteiger partial charge in [-0.05, 0) is 56.5 Å². The van der Waals surface area contributed by atoms with Crippen LogP contribution in [0, 0.1) is 6.92 Å². The van der Waals surface area contributed by atoms with Gasteiger partial charge in [0.1, 0.15) is 0 Å². The maximum absolute atomic E-state index is 13.3. The number of carbonyl (C=O) groups excluding carboxylic acids is 3. The predicted octanol–water partition coefficient (Wildman–Crippen LogP) is 4.05. The fraction of sp³-hybridized carbons (Fsp3) is 0.414. The summed E-state index contributed by atoms with van der Waals surface area (Å²) < 4.78 is 1.98. The molecule has 2 saturated heterocycles. The highest BCUT2D eigenvalue weighted by Crippen LogP contribution is 2.37. The number of nitrogens with zero attached hydrogens (tertiary/aromatic N) is 6. The van der Waals surface area contributed by atoms with E-state index in [1.165, 1.54) is 6.08 Å². The topological polar surface area (TPSA) is 104 Å². The number of carbonyl (C=O) groups is 3. The molecule has 2 aliphatic heterocycles. The molecule has 3 amide bonds. The highest BCUT2D eigenvalue weighted by Gasteiger charge is 2.29. The van der Waals surface area contributed by atoms with E-state index in [0.717, 1.165) is 30.6 Å². The van der Waals surface area contributed by atoms with E-state index in [1.54, 1.807) is 30.2 Å². The Bertz CT molecular complexity index is 1460. The molecule has 210 valence electrons. The molecule has 0 aliphatic carbocycles. The molecule has 5 rings (SSSR count). The Morgan fingerprint density at radius 3 is 2.55 bits per heavy atom. The molecule has 1 unspecified atom stereocenters. The fourth-order valence-corrected chi connectivity index (χ4v) is 5.89. The van der Waals surface area contributed by atoms with E-state index in [1.807, 2.05) is 28.5 Å². The maximum atomic E-state index is 13.3. The third-order valence-electron chi connectivity index (χ3n) is 7.70. The quantitative estimate of drug-likeness (QED) is 0.470. The van der Waals surface area contributed by atoms with Crippen molar-refractivity contribution in [2.75, 3.05) is 49.5 Å². The van der Waals surface area contributed by atoms with E-state index in [-0.39, 0.29) is 23.8 Å². The first-order valence-corrected chi connectivity index (χ1v) is 14.0. The molecule has 4 heterocycles. The number of halogens is 1. The zero-order chi connectivity index (χ0) is 28.4. The fourth-order valence-electron chi connectivity index (χ4n) is 5.59. The monoisotopic (exact) mass is 563 g/mol. The van der Waals surface area contributed by atoms with Crippen molar-refractivity contribution in [1.29, 1.82) is 0 Å². The number of amides is 3. The molecule has 2 aromatic heterocycles. The van der Waals surface area contributed by atoms with Gasteiger partial charge in [0.2, 0.25) is 17.8 Å². The second-order valence-corrected chi connectivity index (χ2v) is 10.8. The Morgan fingerprint density at radius 2 is 1.85 bits per heavy atom. The Balaban J connectivity index is 1.55. The lowest BCUT2D eigenvalue weighted by atomic mass is 10.1. The largest absolute Gasteiger partial charge is 0.368 e. The van der Waals surface area contributed by atoms with Gasteiger partial charge in [-0.3, -0.25) is 24.7 Å². The van der Waals surface area contributed by atoms with Gasteiger partial charge < -0.3 is 19.3 Å². The van der Waals surface area contributed by atoms with Crippen molar-refractivity contribution in [2.24, 2.45) is 0 Å². The summed E-state index contributed by atoms with van der Waals surface area (Å²) in [5.41, 5.74) is 3.50. The van der Waals surface area contributed by atoms with Gasteiger partial charge in [0, 0.05) is 69.3 Å². The number of aryl methyl sites for hydroxylation is 1. The van der Waals surface area contributed by atoms with Gasteiger partial charge >= 0.3 is 0 Å². The molecule has 0 spiro atoms. The number of imidazole rings is 1. The molecular weight excluding hydrogens is 530 g/mol. The van der Waals surface area contributed by atoms with Crippen LogP contribution >= 0.6 is 11.6 Å². The molecule has 2 aliphatic rings. The number of likely N-dealkylation sites (tertiary alicyclic amines) is 1. The van der Waals surface area contributed by atoms with Crippen molar-refractivity contribution in [3.63, 3.8) is 0 Å². The number of benzene rings is 1. The minimum Gasteiger partial charge on any atom is -0.368 e. The normalized spacial score (nSPS) is 18.0. The first-order chi connectivity index (χ1) is 19.2. The molecule has 0 radical (unpaired) electrons. The van der Waals surface area contributed by atoms with Gasteiger partial charge in [-0.1, -0.05) is 18.2 Å². The molecule has 1 aromatic carbocycles. The van der Waals surface area contributed by atoms with Crippen LogP contribution in [0.1, 0.15) is 48.3 Å². The highest BCUT2D eigenvalue weighted by atomic mass is 35.5. The SMILES string of the molecule is C=CC(=O)N1CCCCC(n2c(NC(=O)c3ccnc(C)c3)nc3cc(N4CCN(C(C)=O)CC4)cc(Cl)c32)C1. The van der Waals surface area contributed by atoms with E-state index < -0.39 is 0 Å². The average Bonchev–Trinajstić information content (AvgIpc) is 3.13. The smallest absolute Gasteiger partial charge is 0.258 e. The van der Waals surface area contributed by atoms with Gasteiger partial charge in [-0.2, -0.15) is 0 Å². The van der Waals surface area contributed by atoms with Crippen LogP contribution in [0.3, 0.4) is 0 Å². The van der Waals surface area contributed by atoms with Gasteiger partial charge in [0.25, 0.3) is 5.91 Å².